The molecule has 6 heteroatoms. The molecule has 1 aliphatic rings. The maximum Gasteiger partial charge on any atom is 0.274 e. The number of aromatic amines is 2. The fourth-order valence-corrected chi connectivity index (χ4v) is 5.26. The summed E-state index contributed by atoms with van der Waals surface area (Å²) in [7, 11) is 0. The summed E-state index contributed by atoms with van der Waals surface area (Å²) in [5, 5.41) is 14.3. The second kappa shape index (κ2) is 7.81. The van der Waals surface area contributed by atoms with E-state index in [4.69, 9.17) is 0 Å². The van der Waals surface area contributed by atoms with E-state index in [1.165, 1.54) is 15.6 Å². The molecule has 1 unspecified atom stereocenters. The van der Waals surface area contributed by atoms with Crippen LogP contribution >= 0.6 is 11.3 Å². The number of hydrogen-bond acceptors (Lipinski definition) is 3. The molecule has 0 aliphatic carbocycles. The van der Waals surface area contributed by atoms with E-state index in [2.05, 4.69) is 56.6 Å². The van der Waals surface area contributed by atoms with Gasteiger partial charge in [0.15, 0.2) is 18.0 Å². The third-order valence-electron chi connectivity index (χ3n) is 5.83. The molecule has 0 amide bonds. The summed E-state index contributed by atoms with van der Waals surface area (Å²) >= 11 is 1.77. The first-order valence-electron chi connectivity index (χ1n) is 10.0. The van der Waals surface area contributed by atoms with Crippen LogP contribution in [0.2, 0.25) is 0 Å². The molecule has 5 rings (SSSR count). The number of fused-ring (bicyclic) bond motifs is 1. The molecule has 1 atom stereocenters. The molecule has 3 aromatic heterocycles. The number of pyridine rings is 2. The first kappa shape index (κ1) is 18.1. The average molecular weight is 406 g/mol. The number of nitrogens with zero attached hydrogens (tertiary/aromatic N) is 1. The number of aromatic hydroxyl groups is 1. The van der Waals surface area contributed by atoms with Gasteiger partial charge in [-0.3, -0.25) is 4.90 Å². The van der Waals surface area contributed by atoms with Gasteiger partial charge in [0.05, 0.1) is 22.0 Å². The Bertz CT molecular complexity index is 1090. The molecule has 1 aliphatic heterocycles. The summed E-state index contributed by atoms with van der Waals surface area (Å²) in [4.78, 5) is 11.8. The van der Waals surface area contributed by atoms with Gasteiger partial charge in [0, 0.05) is 12.1 Å². The Hall–Kier alpha value is -2.96. The van der Waals surface area contributed by atoms with Crippen molar-refractivity contribution in [3.63, 3.8) is 0 Å². The highest BCUT2D eigenvalue weighted by molar-refractivity contribution is 7.10. The van der Waals surface area contributed by atoms with Gasteiger partial charge in [-0.1, -0.05) is 12.1 Å². The van der Waals surface area contributed by atoms with Crippen LogP contribution in [0.3, 0.4) is 0 Å². The second-order valence-corrected chi connectivity index (χ2v) is 8.46. The van der Waals surface area contributed by atoms with Crippen molar-refractivity contribution in [2.24, 2.45) is 0 Å². The highest BCUT2D eigenvalue weighted by Gasteiger charge is 2.36. The molecule has 1 aromatic carbocycles. The summed E-state index contributed by atoms with van der Waals surface area (Å²) < 4.78 is 0. The zero-order valence-electron chi connectivity index (χ0n) is 16.1. The lowest BCUT2D eigenvalue weighted by Gasteiger charge is -2.33. The van der Waals surface area contributed by atoms with E-state index in [0.717, 1.165) is 42.6 Å². The largest absolute Gasteiger partial charge is 0.502 e. The summed E-state index contributed by atoms with van der Waals surface area (Å²) in [5.41, 5.74) is 1.81. The van der Waals surface area contributed by atoms with E-state index < -0.39 is 0 Å². The predicted molar refractivity (Wildman–Crippen MR) is 114 cm³/mol. The van der Waals surface area contributed by atoms with Gasteiger partial charge in [0.2, 0.25) is 0 Å². The zero-order valence-corrected chi connectivity index (χ0v) is 17.0. The zero-order chi connectivity index (χ0) is 19.6. The van der Waals surface area contributed by atoms with Gasteiger partial charge in [-0.25, -0.2) is 9.97 Å². The minimum absolute atomic E-state index is 0.134. The van der Waals surface area contributed by atoms with Crippen LogP contribution in [-0.4, -0.2) is 31.3 Å². The third-order valence-corrected chi connectivity index (χ3v) is 6.76. The van der Waals surface area contributed by atoms with Crippen molar-refractivity contribution in [2.75, 3.05) is 31.1 Å². The molecule has 0 saturated carbocycles. The van der Waals surface area contributed by atoms with Crippen molar-refractivity contribution in [1.82, 2.24) is 0 Å². The molecule has 0 spiro atoms. The number of hydrogen-bond donors (Lipinski definition) is 2. The van der Waals surface area contributed by atoms with E-state index in [1.54, 1.807) is 11.3 Å². The number of rotatable bonds is 4. The maximum atomic E-state index is 11.1. The molecule has 4 heterocycles. The Kier molecular flexibility index (Phi) is 4.87. The lowest BCUT2D eigenvalue weighted by molar-refractivity contribution is -0.926. The first-order chi connectivity index (χ1) is 14.3. The number of phenols is 1. The van der Waals surface area contributed by atoms with Crippen LogP contribution in [0.15, 0.2) is 72.4 Å². The number of anilines is 1. The van der Waals surface area contributed by atoms with Gasteiger partial charge < -0.3 is 10.0 Å². The van der Waals surface area contributed by atoms with Gasteiger partial charge in [-0.2, -0.15) is 0 Å². The van der Waals surface area contributed by atoms with Crippen LogP contribution < -0.4 is 19.8 Å². The monoisotopic (exact) mass is 405 g/mol. The van der Waals surface area contributed by atoms with E-state index in [0.29, 0.717) is 5.75 Å². The number of benzene rings is 1. The van der Waals surface area contributed by atoms with E-state index in [9.17, 15) is 5.11 Å². The van der Waals surface area contributed by atoms with Crippen LogP contribution in [0.1, 0.15) is 16.5 Å². The molecule has 4 aromatic rings. The number of H-pyrrole nitrogens is 2. The smallest absolute Gasteiger partial charge is 0.274 e. The molecule has 1 saturated heterocycles. The Morgan fingerprint density at radius 3 is 2.55 bits per heavy atom. The number of piperazine rings is 1. The Labute approximate surface area is 173 Å². The van der Waals surface area contributed by atoms with Crippen molar-refractivity contribution >= 4 is 28.1 Å². The van der Waals surface area contributed by atoms with Crippen molar-refractivity contribution in [2.45, 2.75) is 6.04 Å². The lowest BCUT2D eigenvalue weighted by Crippen LogP contribution is -3.15. The molecule has 1 fully saturated rings. The summed E-state index contributed by atoms with van der Waals surface area (Å²) in [6.45, 7) is 4.00. The fraction of sp³-hybridized carbons (Fsp3) is 0.217. The van der Waals surface area contributed by atoms with Gasteiger partial charge in [-0.15, -0.1) is 11.3 Å². The molecule has 0 radical (unpaired) electrons. The highest BCUT2D eigenvalue weighted by Crippen LogP contribution is 2.33. The van der Waals surface area contributed by atoms with Crippen molar-refractivity contribution < 1.29 is 20.0 Å². The SMILES string of the molecule is Oc1c(C(c2cccs2)[NH+]2CCN(c3cccc[nH+]3)CC2)ccc2ccc[nH+]c12. The number of thiophene rings is 1. The fourth-order valence-electron chi connectivity index (χ4n) is 4.36. The van der Waals surface area contributed by atoms with Crippen molar-refractivity contribution in [3.8, 4) is 5.75 Å². The minimum Gasteiger partial charge on any atom is -0.502 e. The number of aromatic nitrogens is 2. The van der Waals surface area contributed by atoms with Gasteiger partial charge in [0.1, 0.15) is 26.2 Å². The molecule has 5 nitrogen and oxygen atoms in total. The molecular weight excluding hydrogens is 380 g/mol. The molecule has 4 N–H and O–H groups in total. The summed E-state index contributed by atoms with van der Waals surface area (Å²) in [5.74, 6) is 1.54. The number of quaternary nitrogens is 1. The molecular formula is C23H25N4OS+3. The van der Waals surface area contributed by atoms with Gasteiger partial charge >= 0.3 is 0 Å². The Morgan fingerprint density at radius 2 is 1.79 bits per heavy atom. The molecule has 0 bridgehead atoms. The van der Waals surface area contributed by atoms with Gasteiger partial charge in [-0.05, 0) is 35.7 Å². The predicted octanol–water partition coefficient (Wildman–Crippen LogP) is 1.73. The van der Waals surface area contributed by atoms with E-state index in [-0.39, 0.29) is 6.04 Å². The van der Waals surface area contributed by atoms with E-state index >= 15 is 0 Å². The van der Waals surface area contributed by atoms with Crippen LogP contribution in [0, 0.1) is 0 Å². The lowest BCUT2D eigenvalue weighted by atomic mass is 9.99. The van der Waals surface area contributed by atoms with Crippen LogP contribution in [0.5, 0.6) is 5.75 Å². The number of nitrogens with one attached hydrogen (secondary N) is 3. The third kappa shape index (κ3) is 3.45. The van der Waals surface area contributed by atoms with Crippen LogP contribution in [-0.2, 0) is 0 Å². The van der Waals surface area contributed by atoms with Crippen molar-refractivity contribution in [1.29, 1.82) is 0 Å². The summed E-state index contributed by atoms with van der Waals surface area (Å²) in [6.07, 6.45) is 3.85. The Morgan fingerprint density at radius 1 is 0.931 bits per heavy atom. The quantitative estimate of drug-likeness (QED) is 0.543. The second-order valence-electron chi connectivity index (χ2n) is 7.48. The normalized spacial score (nSPS) is 16.2. The highest BCUT2D eigenvalue weighted by atomic mass is 32.1. The van der Waals surface area contributed by atoms with Crippen LogP contribution in [0.25, 0.3) is 10.9 Å². The first-order valence-corrected chi connectivity index (χ1v) is 10.9. The molecule has 29 heavy (non-hydrogen) atoms. The summed E-state index contributed by atoms with van der Waals surface area (Å²) in [6, 6.07) is 18.8. The van der Waals surface area contributed by atoms with Crippen LogP contribution in [0.4, 0.5) is 5.82 Å². The Balaban J connectivity index is 1.47. The average Bonchev–Trinajstić information content (AvgIpc) is 3.31. The standard InChI is InChI=1S/C23H22N4OS/c28-23-18(9-8-17-5-3-11-25-21(17)23)22(19-6-4-16-29-19)27-14-12-26(13-15-27)20-7-1-2-10-24-20/h1-11,16,22,28H,12-15H2/p+3. The van der Waals surface area contributed by atoms with Crippen molar-refractivity contribution in [3.05, 3.63) is 82.8 Å². The maximum absolute atomic E-state index is 11.1. The van der Waals surface area contributed by atoms with Gasteiger partial charge in [0.25, 0.3) is 11.3 Å². The number of phenolic OH excluding ortho intramolecular Hbond substituents is 1. The molecule has 146 valence electrons. The minimum atomic E-state index is 0.134. The topological polar surface area (TPSA) is 56.2 Å². The van der Waals surface area contributed by atoms with E-state index in [1.807, 2.05) is 30.6 Å².